The summed E-state index contributed by atoms with van der Waals surface area (Å²) in [4.78, 5) is 0. The first-order valence-electron chi connectivity index (χ1n) is 0. The van der Waals surface area contributed by atoms with Crippen LogP contribution in [0.2, 0.25) is 0 Å². The molecule has 0 bridgehead atoms. The topological polar surface area (TPSA) is 0 Å². The zero-order chi connectivity index (χ0) is 0. The first-order valence-corrected chi connectivity index (χ1v) is 0. The van der Waals surface area contributed by atoms with Gasteiger partial charge in [-0.05, 0) is 0 Å². The van der Waals surface area contributed by atoms with Crippen molar-refractivity contribution in [1.29, 1.82) is 0 Å². The lowest BCUT2D eigenvalue weighted by Gasteiger charge is -0.148. The van der Waals surface area contributed by atoms with E-state index in [0.717, 1.165) is 0 Å². The minimum Gasteiger partial charge on any atom is -0.147 e. The Balaban J connectivity index is 0. The van der Waals surface area contributed by atoms with E-state index in [4.69, 9.17) is 0 Å². The normalized spacial score (nSPS) is 0. The van der Waals surface area contributed by atoms with E-state index < -0.39 is 0 Å². The Labute approximate surface area is 48.6 Å². The van der Waals surface area contributed by atoms with Crippen LogP contribution in [0.3, 0.4) is 0 Å². The Morgan fingerprint density at radius 1 is 0.500 bits per heavy atom. The first kappa shape index (κ1) is 71.9. The van der Waals surface area contributed by atoms with Crippen LogP contribution in [0.5, 0.6) is 0 Å². The average molecular weight is 137 g/mol. The van der Waals surface area contributed by atoms with Crippen LogP contribution in [0, 0.1) is 0 Å². The van der Waals surface area contributed by atoms with Gasteiger partial charge in [-0.15, -0.1) is 37.2 Å². The van der Waals surface area contributed by atoms with Crippen LogP contribution >= 0.6 is 37.2 Å². The molecule has 0 saturated heterocycles. The van der Waals surface area contributed by atoms with Crippen molar-refractivity contribution in [3.63, 3.8) is 0 Å². The quantitative estimate of drug-likeness (QED) is 0.435. The van der Waals surface area contributed by atoms with Gasteiger partial charge in [-0.2, -0.15) is 0 Å². The summed E-state index contributed by atoms with van der Waals surface area (Å²) in [5, 5.41) is 0. The molecule has 0 aromatic heterocycles. The van der Waals surface area contributed by atoms with Gasteiger partial charge in [0.05, 0.1) is 0 Å². The second-order valence-corrected chi connectivity index (χ2v) is 0. The fraction of sp³-hybridized carbons (Fsp3) is 0. The SMILES string of the molecule is Cl.Cl.Cl.[Si]. The van der Waals surface area contributed by atoms with Gasteiger partial charge in [0.25, 0.3) is 0 Å². The van der Waals surface area contributed by atoms with Crippen molar-refractivity contribution in [3.05, 3.63) is 0 Å². The van der Waals surface area contributed by atoms with Gasteiger partial charge in [-0.25, -0.2) is 0 Å². The lowest BCUT2D eigenvalue weighted by atomic mass is 28.1. The minimum atomic E-state index is 0. The molecule has 0 spiro atoms. The Bertz CT molecular complexity index is 3.25. The van der Waals surface area contributed by atoms with Crippen molar-refractivity contribution in [1.82, 2.24) is 0 Å². The van der Waals surface area contributed by atoms with Gasteiger partial charge in [-0.3, -0.25) is 0 Å². The van der Waals surface area contributed by atoms with Crippen LogP contribution < -0.4 is 0 Å². The van der Waals surface area contributed by atoms with Crippen LogP contribution in [-0.2, 0) is 0 Å². The van der Waals surface area contributed by atoms with E-state index in [2.05, 4.69) is 0 Å². The number of rotatable bonds is 0. The van der Waals surface area contributed by atoms with Gasteiger partial charge < -0.3 is 0 Å². The molecule has 0 rings (SSSR count). The molecular weight excluding hydrogens is 134 g/mol. The predicted octanol–water partition coefficient (Wildman–Crippen LogP) is 0.885. The maximum absolute atomic E-state index is 0. The second-order valence-electron chi connectivity index (χ2n) is 0. The molecule has 0 saturated carbocycles. The molecule has 0 aliphatic rings. The third-order valence-corrected chi connectivity index (χ3v) is 0. The van der Waals surface area contributed by atoms with Crippen LogP contribution in [0.15, 0.2) is 0 Å². The van der Waals surface area contributed by atoms with Crippen LogP contribution in [0.4, 0.5) is 0 Å². The largest absolute Gasteiger partial charge is 0.147 e. The van der Waals surface area contributed by atoms with Gasteiger partial charge >= 0.3 is 0 Å². The molecule has 0 aromatic rings. The van der Waals surface area contributed by atoms with E-state index in [-0.39, 0.29) is 48.2 Å². The first-order chi connectivity index (χ1) is 0. The van der Waals surface area contributed by atoms with Crippen LogP contribution in [-0.4, -0.2) is 11.0 Å². The minimum absolute atomic E-state index is 0. The lowest BCUT2D eigenvalue weighted by molar-refractivity contribution is 5.75. The molecule has 4 heteroatoms. The third-order valence-electron chi connectivity index (χ3n) is 0. The summed E-state index contributed by atoms with van der Waals surface area (Å²) in [5.74, 6) is 0. The van der Waals surface area contributed by atoms with Crippen molar-refractivity contribution < 1.29 is 0 Å². The Kier molecular flexibility index (Phi) is 593. The van der Waals surface area contributed by atoms with E-state index in [1.807, 2.05) is 0 Å². The molecule has 4 radical (unpaired) electrons. The number of halogens is 3. The van der Waals surface area contributed by atoms with E-state index in [1.54, 1.807) is 0 Å². The van der Waals surface area contributed by atoms with Gasteiger partial charge in [0, 0.05) is 11.0 Å². The van der Waals surface area contributed by atoms with Crippen molar-refractivity contribution >= 4 is 48.2 Å². The summed E-state index contributed by atoms with van der Waals surface area (Å²) in [6.45, 7) is 0. The Morgan fingerprint density at radius 3 is 0.500 bits per heavy atom. The lowest BCUT2D eigenvalue weighted by Crippen LogP contribution is -0.381. The fourth-order valence-corrected chi connectivity index (χ4v) is 0. The van der Waals surface area contributed by atoms with Gasteiger partial charge in [0.2, 0.25) is 0 Å². The third kappa shape index (κ3) is 11.4. The molecule has 0 heterocycles. The molecule has 28 valence electrons. The summed E-state index contributed by atoms with van der Waals surface area (Å²) >= 11 is 0. The molecule has 0 amide bonds. The Hall–Kier alpha value is 1.09. The summed E-state index contributed by atoms with van der Waals surface area (Å²) in [7, 11) is 0. The zero-order valence-electron chi connectivity index (χ0n) is 1.72. The highest BCUT2D eigenvalue weighted by Crippen LogP contribution is 0.692. The van der Waals surface area contributed by atoms with Crippen molar-refractivity contribution in [3.8, 4) is 0 Å². The smallest absolute Gasteiger partial charge is 0 e. The molecule has 0 fully saturated rings. The van der Waals surface area contributed by atoms with E-state index >= 15 is 0 Å². The van der Waals surface area contributed by atoms with Crippen molar-refractivity contribution in [2.24, 2.45) is 0 Å². The van der Waals surface area contributed by atoms with Crippen LogP contribution in [0.25, 0.3) is 0 Å². The molecule has 4 heavy (non-hydrogen) atoms. The van der Waals surface area contributed by atoms with Crippen molar-refractivity contribution in [2.75, 3.05) is 0 Å². The molecular formula is H3Cl3Si. The maximum atomic E-state index is 0. The van der Waals surface area contributed by atoms with Crippen LogP contribution in [0.1, 0.15) is 0 Å². The molecule has 0 unspecified atom stereocenters. The molecule has 0 N–H and O–H groups in total. The molecule has 0 aliphatic heterocycles. The summed E-state index contributed by atoms with van der Waals surface area (Å²) in [5.41, 5.74) is 0. The zero-order valence-corrected chi connectivity index (χ0v) is 5.17. The van der Waals surface area contributed by atoms with E-state index in [0.29, 0.717) is 0 Å². The molecule has 0 aromatic carbocycles. The summed E-state index contributed by atoms with van der Waals surface area (Å²) in [6, 6.07) is 0. The molecule has 0 atom stereocenters. The highest BCUT2D eigenvalue weighted by atomic mass is 35.5. The highest BCUT2D eigenvalue weighted by molar-refractivity contribution is 5.86. The van der Waals surface area contributed by atoms with E-state index in [1.165, 1.54) is 0 Å². The monoisotopic (exact) mass is 136 g/mol. The maximum Gasteiger partial charge on any atom is 0 e. The average Bonchev–Trinajstić information content (AvgIpc) is 0. The summed E-state index contributed by atoms with van der Waals surface area (Å²) < 4.78 is 0. The van der Waals surface area contributed by atoms with Crippen molar-refractivity contribution in [2.45, 2.75) is 0 Å². The molecule has 0 nitrogen and oxygen atoms in total. The highest BCUT2D eigenvalue weighted by Gasteiger charge is 0.0000207. The fourth-order valence-electron chi connectivity index (χ4n) is 0. The predicted molar refractivity (Wildman–Crippen MR) is 27.5 cm³/mol. The van der Waals surface area contributed by atoms with Gasteiger partial charge in [-0.1, -0.05) is 0 Å². The number of hydrogen-bond acceptors (Lipinski definition) is 0. The second kappa shape index (κ2) is 33.0. The van der Waals surface area contributed by atoms with Gasteiger partial charge in [0.15, 0.2) is 0 Å². The van der Waals surface area contributed by atoms with E-state index in [9.17, 15) is 0 Å². The standard InChI is InChI=1S/3ClH.Si/h3*1H;. The summed E-state index contributed by atoms with van der Waals surface area (Å²) in [6.07, 6.45) is 0. The number of hydrogen-bond donors (Lipinski definition) is 0. The molecule has 0 aliphatic carbocycles. The van der Waals surface area contributed by atoms with Gasteiger partial charge in [0.1, 0.15) is 0 Å². The Morgan fingerprint density at radius 2 is 0.500 bits per heavy atom.